The molecule has 2 atom stereocenters. The maximum Gasteiger partial charge on any atom is 0.121 e. The second-order valence-electron chi connectivity index (χ2n) is 6.60. The molecule has 106 valence electrons. The summed E-state index contributed by atoms with van der Waals surface area (Å²) < 4.78 is 5.56. The van der Waals surface area contributed by atoms with Gasteiger partial charge in [0.25, 0.3) is 0 Å². The van der Waals surface area contributed by atoms with Crippen molar-refractivity contribution in [2.45, 2.75) is 53.0 Å². The fourth-order valence-electron chi connectivity index (χ4n) is 3.22. The second kappa shape index (κ2) is 5.85. The Morgan fingerprint density at radius 2 is 2.16 bits per heavy atom. The molecule has 0 bridgehead atoms. The Labute approximate surface area is 117 Å². The van der Waals surface area contributed by atoms with Crippen LogP contribution in [0.2, 0.25) is 0 Å². The van der Waals surface area contributed by atoms with E-state index in [2.05, 4.69) is 44.3 Å². The molecule has 1 aliphatic carbocycles. The summed E-state index contributed by atoms with van der Waals surface area (Å²) in [6.07, 6.45) is 3.86. The number of ether oxygens (including phenoxy) is 1. The smallest absolute Gasteiger partial charge is 0.121 e. The number of benzene rings is 1. The van der Waals surface area contributed by atoms with Crippen molar-refractivity contribution in [2.24, 2.45) is 11.3 Å². The van der Waals surface area contributed by atoms with Crippen molar-refractivity contribution in [3.8, 4) is 5.75 Å². The fourth-order valence-corrected chi connectivity index (χ4v) is 3.22. The Balaban J connectivity index is 1.99. The minimum Gasteiger partial charge on any atom is -0.494 e. The van der Waals surface area contributed by atoms with Crippen LogP contribution in [0.5, 0.6) is 5.75 Å². The van der Waals surface area contributed by atoms with Gasteiger partial charge < -0.3 is 10.1 Å². The highest BCUT2D eigenvalue weighted by Gasteiger charge is 2.32. The van der Waals surface area contributed by atoms with Crippen LogP contribution in [-0.2, 0) is 0 Å². The summed E-state index contributed by atoms with van der Waals surface area (Å²) in [5.74, 6) is 1.68. The molecule has 0 aliphatic heterocycles. The minimum atomic E-state index is 0.505. The summed E-state index contributed by atoms with van der Waals surface area (Å²) in [5, 5.41) is 3.69. The zero-order chi connectivity index (χ0) is 13.9. The van der Waals surface area contributed by atoms with Crippen molar-refractivity contribution in [3.63, 3.8) is 0 Å². The van der Waals surface area contributed by atoms with Gasteiger partial charge in [0.2, 0.25) is 0 Å². The molecule has 1 N–H and O–H groups in total. The van der Waals surface area contributed by atoms with Gasteiger partial charge in [0, 0.05) is 17.8 Å². The van der Waals surface area contributed by atoms with Gasteiger partial charge in [0.15, 0.2) is 0 Å². The van der Waals surface area contributed by atoms with Crippen LogP contribution in [0.25, 0.3) is 0 Å². The maximum atomic E-state index is 5.56. The van der Waals surface area contributed by atoms with Crippen LogP contribution in [-0.4, -0.2) is 12.6 Å². The molecular weight excluding hydrogens is 234 g/mol. The van der Waals surface area contributed by atoms with Gasteiger partial charge in [-0.1, -0.05) is 26.8 Å². The van der Waals surface area contributed by atoms with Gasteiger partial charge in [0.1, 0.15) is 5.75 Å². The highest BCUT2D eigenvalue weighted by molar-refractivity contribution is 5.49. The first-order chi connectivity index (χ1) is 9.00. The zero-order valence-corrected chi connectivity index (χ0v) is 12.7. The van der Waals surface area contributed by atoms with E-state index in [0.29, 0.717) is 11.5 Å². The average Bonchev–Trinajstić information content (AvgIpc) is 2.33. The Morgan fingerprint density at radius 1 is 1.37 bits per heavy atom. The maximum absolute atomic E-state index is 5.56. The van der Waals surface area contributed by atoms with Gasteiger partial charge in [-0.25, -0.2) is 0 Å². The summed E-state index contributed by atoms with van der Waals surface area (Å²) in [5.41, 5.74) is 1.69. The van der Waals surface area contributed by atoms with Crippen molar-refractivity contribution >= 4 is 5.69 Å². The molecule has 19 heavy (non-hydrogen) atoms. The minimum absolute atomic E-state index is 0.505. The Kier molecular flexibility index (Phi) is 4.38. The molecule has 1 aromatic rings. The van der Waals surface area contributed by atoms with E-state index in [4.69, 9.17) is 4.74 Å². The van der Waals surface area contributed by atoms with E-state index in [1.165, 1.54) is 24.9 Å². The first kappa shape index (κ1) is 14.2. The lowest BCUT2D eigenvalue weighted by Gasteiger charge is -2.40. The van der Waals surface area contributed by atoms with Crippen LogP contribution in [0.4, 0.5) is 5.69 Å². The van der Waals surface area contributed by atoms with Crippen LogP contribution in [0.3, 0.4) is 0 Å². The van der Waals surface area contributed by atoms with Crippen LogP contribution in [0, 0.1) is 11.3 Å². The topological polar surface area (TPSA) is 21.3 Å². The third-order valence-electron chi connectivity index (χ3n) is 4.19. The Bertz CT molecular complexity index is 413. The molecule has 0 heterocycles. The summed E-state index contributed by atoms with van der Waals surface area (Å²) in [6.45, 7) is 9.87. The highest BCUT2D eigenvalue weighted by Crippen LogP contribution is 2.39. The van der Waals surface area contributed by atoms with E-state index in [0.717, 1.165) is 18.3 Å². The molecule has 2 unspecified atom stereocenters. The number of nitrogens with one attached hydrogen (secondary N) is 1. The molecular formula is C17H27NO. The van der Waals surface area contributed by atoms with Crippen molar-refractivity contribution in [1.82, 2.24) is 0 Å². The van der Waals surface area contributed by atoms with Gasteiger partial charge >= 0.3 is 0 Å². The summed E-state index contributed by atoms with van der Waals surface area (Å²) in [4.78, 5) is 0. The van der Waals surface area contributed by atoms with Gasteiger partial charge in [-0.15, -0.1) is 0 Å². The number of hydrogen-bond acceptors (Lipinski definition) is 2. The fraction of sp³-hybridized carbons (Fsp3) is 0.647. The second-order valence-corrected chi connectivity index (χ2v) is 6.60. The number of hydrogen-bond donors (Lipinski definition) is 1. The molecule has 2 nitrogen and oxygen atoms in total. The lowest BCUT2D eigenvalue weighted by atomic mass is 9.70. The lowest BCUT2D eigenvalue weighted by molar-refractivity contribution is 0.177. The molecule has 2 heteroatoms. The molecule has 0 aromatic heterocycles. The van der Waals surface area contributed by atoms with E-state index in [9.17, 15) is 0 Å². The van der Waals surface area contributed by atoms with Gasteiger partial charge in [0.05, 0.1) is 6.61 Å². The third kappa shape index (κ3) is 3.89. The number of anilines is 1. The number of rotatable bonds is 4. The standard InChI is InChI=1S/C17H27NO/c1-5-19-15-8-6-7-14(11-15)18-16-9-10-17(3,4)12-13(16)2/h6-8,11,13,16,18H,5,9-10,12H2,1-4H3. The molecule has 0 radical (unpaired) electrons. The molecule has 0 amide bonds. The lowest BCUT2D eigenvalue weighted by Crippen LogP contribution is -2.36. The van der Waals surface area contributed by atoms with Gasteiger partial charge in [-0.3, -0.25) is 0 Å². The molecule has 1 aromatic carbocycles. The van der Waals surface area contributed by atoms with Crippen molar-refractivity contribution < 1.29 is 4.74 Å². The van der Waals surface area contributed by atoms with E-state index in [1.807, 2.05) is 13.0 Å². The van der Waals surface area contributed by atoms with Crippen LogP contribution < -0.4 is 10.1 Å². The summed E-state index contributed by atoms with van der Waals surface area (Å²) >= 11 is 0. The zero-order valence-electron chi connectivity index (χ0n) is 12.7. The average molecular weight is 261 g/mol. The molecule has 0 saturated heterocycles. The molecule has 1 saturated carbocycles. The highest BCUT2D eigenvalue weighted by atomic mass is 16.5. The van der Waals surface area contributed by atoms with Crippen molar-refractivity contribution in [3.05, 3.63) is 24.3 Å². The van der Waals surface area contributed by atoms with Crippen LogP contribution >= 0.6 is 0 Å². The van der Waals surface area contributed by atoms with E-state index >= 15 is 0 Å². The summed E-state index contributed by atoms with van der Waals surface area (Å²) in [7, 11) is 0. The molecule has 2 rings (SSSR count). The monoisotopic (exact) mass is 261 g/mol. The van der Waals surface area contributed by atoms with Gasteiger partial charge in [-0.05, 0) is 49.7 Å². The predicted octanol–water partition coefficient (Wildman–Crippen LogP) is 4.71. The van der Waals surface area contributed by atoms with E-state index < -0.39 is 0 Å². The van der Waals surface area contributed by atoms with Crippen molar-refractivity contribution in [2.75, 3.05) is 11.9 Å². The van der Waals surface area contributed by atoms with E-state index in [1.54, 1.807) is 0 Å². The van der Waals surface area contributed by atoms with Crippen LogP contribution in [0.1, 0.15) is 47.0 Å². The molecule has 0 spiro atoms. The first-order valence-electron chi connectivity index (χ1n) is 7.49. The summed E-state index contributed by atoms with van der Waals surface area (Å²) in [6, 6.07) is 8.91. The van der Waals surface area contributed by atoms with Crippen molar-refractivity contribution in [1.29, 1.82) is 0 Å². The molecule has 1 aliphatic rings. The Hall–Kier alpha value is -1.18. The first-order valence-corrected chi connectivity index (χ1v) is 7.49. The SMILES string of the molecule is CCOc1cccc(NC2CCC(C)(C)CC2C)c1. The largest absolute Gasteiger partial charge is 0.494 e. The molecule has 1 fully saturated rings. The quantitative estimate of drug-likeness (QED) is 0.847. The van der Waals surface area contributed by atoms with E-state index in [-0.39, 0.29) is 0 Å². The van der Waals surface area contributed by atoms with Crippen LogP contribution in [0.15, 0.2) is 24.3 Å². The van der Waals surface area contributed by atoms with Gasteiger partial charge in [-0.2, -0.15) is 0 Å². The third-order valence-corrected chi connectivity index (χ3v) is 4.19. The normalized spacial score (nSPS) is 25.9. The predicted molar refractivity (Wildman–Crippen MR) is 81.8 cm³/mol. The Morgan fingerprint density at radius 3 is 2.84 bits per heavy atom.